The van der Waals surface area contributed by atoms with E-state index in [4.69, 9.17) is 42.6 Å². The SMILES string of the molecule is c1ccc(CO[C@@H]2[C@@H](OCc3ccccc3)[C@@H](O[C@H]3O[C@H](Cn4ncnn4)[C@@H](OCc4ccccc4)[C@H](OCc4ccccc4)[C@H]3OCc3ccccc3)O[C@H](Cn3cnnn3)[C@H]2OCc2ccccc2)cc1. The van der Waals surface area contributed by atoms with Crippen molar-refractivity contribution in [2.45, 2.75) is 114 Å². The van der Waals surface area contributed by atoms with Gasteiger partial charge < -0.3 is 42.6 Å². The summed E-state index contributed by atoms with van der Waals surface area (Å²) in [6.07, 6.45) is -5.82. The Labute approximate surface area is 423 Å². The molecule has 0 amide bonds. The molecule has 0 N–H and O–H groups in total. The third kappa shape index (κ3) is 13.8. The van der Waals surface area contributed by atoms with Gasteiger partial charge in [-0.15, -0.1) is 15.3 Å². The van der Waals surface area contributed by atoms with Gasteiger partial charge in [-0.1, -0.05) is 182 Å². The van der Waals surface area contributed by atoms with Gasteiger partial charge in [0.2, 0.25) is 0 Å². The molecule has 0 unspecified atom stereocenters. The first-order valence-electron chi connectivity index (χ1n) is 24.5. The zero-order valence-corrected chi connectivity index (χ0v) is 40.2. The smallest absolute Gasteiger partial charge is 0.190 e. The average Bonchev–Trinajstić information content (AvgIpc) is 4.18. The molecule has 2 aromatic heterocycles. The lowest BCUT2D eigenvalue weighted by molar-refractivity contribution is -0.392. The Balaban J connectivity index is 1.05. The fourth-order valence-electron chi connectivity index (χ4n) is 9.02. The van der Waals surface area contributed by atoms with Crippen molar-refractivity contribution in [2.24, 2.45) is 0 Å². The maximum absolute atomic E-state index is 7.33. The van der Waals surface area contributed by atoms with Crippen molar-refractivity contribution >= 4 is 0 Å². The molecule has 2 fully saturated rings. The molecule has 0 bridgehead atoms. The van der Waals surface area contributed by atoms with Crippen LogP contribution in [0.2, 0.25) is 0 Å². The molecule has 0 saturated carbocycles. The minimum absolute atomic E-state index is 0.134. The van der Waals surface area contributed by atoms with E-state index in [1.54, 1.807) is 4.68 Å². The summed E-state index contributed by atoms with van der Waals surface area (Å²) in [4.78, 5) is 1.47. The van der Waals surface area contributed by atoms with E-state index in [9.17, 15) is 0 Å². The van der Waals surface area contributed by atoms with E-state index in [0.717, 1.165) is 33.4 Å². The highest BCUT2D eigenvalue weighted by Gasteiger charge is 2.54. The van der Waals surface area contributed by atoms with Crippen LogP contribution in [0.3, 0.4) is 0 Å². The van der Waals surface area contributed by atoms with Crippen LogP contribution in [0.4, 0.5) is 0 Å². The third-order valence-corrected chi connectivity index (χ3v) is 12.7. The lowest BCUT2D eigenvalue weighted by Gasteiger charge is -2.49. The predicted molar refractivity (Wildman–Crippen MR) is 264 cm³/mol. The number of benzene rings is 6. The molecule has 10 atom stereocenters. The molecule has 2 aliphatic heterocycles. The first-order valence-corrected chi connectivity index (χ1v) is 24.5. The molecule has 0 spiro atoms. The van der Waals surface area contributed by atoms with Gasteiger partial charge in [0.1, 0.15) is 55.2 Å². The quantitative estimate of drug-likeness (QED) is 0.0589. The van der Waals surface area contributed by atoms with Crippen LogP contribution in [-0.2, 0) is 95.4 Å². The van der Waals surface area contributed by atoms with E-state index in [1.165, 1.54) is 17.5 Å². The minimum atomic E-state index is -1.17. The van der Waals surface area contributed by atoms with Gasteiger partial charge in [-0.2, -0.15) is 4.80 Å². The standard InChI is InChI=1S/C56H58N8O9/c1-7-19-41(20-8-1)33-65-49-47(31-63-40-58-60-62-63)71-55(53(69-37-45-27-15-5-16-28-45)51(49)67-35-43-23-11-3-12-24-43)73-56-54(70-38-46-29-17-6-18-30-46)52(68-36-44-25-13-4-14-26-44)50(66-34-42-21-9-2-10-22-42)48(72-56)32-64-59-39-57-61-64/h1-30,39-40,47-56H,31-38H2/t47-,48-,49-,50-,51+,52+,53-,54-,55-,56-/m1/s1. The highest BCUT2D eigenvalue weighted by molar-refractivity contribution is 5.18. The minimum Gasteiger partial charge on any atom is -0.368 e. The summed E-state index contributed by atoms with van der Waals surface area (Å²) in [5, 5.41) is 24.8. The number of aromatic nitrogens is 8. The summed E-state index contributed by atoms with van der Waals surface area (Å²) >= 11 is 0. The van der Waals surface area contributed by atoms with E-state index in [-0.39, 0.29) is 52.7 Å². The van der Waals surface area contributed by atoms with Crippen LogP contribution in [0, 0.1) is 0 Å². The van der Waals surface area contributed by atoms with Gasteiger partial charge in [-0.25, -0.2) is 4.68 Å². The van der Waals surface area contributed by atoms with Crippen molar-refractivity contribution in [2.75, 3.05) is 0 Å². The molecule has 4 heterocycles. The molecular weight excluding hydrogens is 929 g/mol. The van der Waals surface area contributed by atoms with Gasteiger partial charge >= 0.3 is 0 Å². The molecule has 0 radical (unpaired) electrons. The zero-order valence-electron chi connectivity index (χ0n) is 40.2. The van der Waals surface area contributed by atoms with Crippen molar-refractivity contribution in [3.63, 3.8) is 0 Å². The molecule has 376 valence electrons. The van der Waals surface area contributed by atoms with Crippen LogP contribution in [-0.4, -0.2) is 102 Å². The maximum atomic E-state index is 7.33. The topological polar surface area (TPSA) is 170 Å². The Kier molecular flexibility index (Phi) is 17.5. The Bertz CT molecular complexity index is 2570. The summed E-state index contributed by atoms with van der Waals surface area (Å²) in [5.74, 6) is 0. The highest BCUT2D eigenvalue weighted by Crippen LogP contribution is 2.37. The Hall–Kier alpha value is -6.90. The molecule has 17 heteroatoms. The first-order chi connectivity index (χ1) is 36.2. The van der Waals surface area contributed by atoms with Crippen molar-refractivity contribution < 1.29 is 42.6 Å². The Morgan fingerprint density at radius 2 is 0.712 bits per heavy atom. The first kappa shape index (κ1) is 49.7. The second kappa shape index (κ2) is 25.7. The second-order valence-corrected chi connectivity index (χ2v) is 17.8. The van der Waals surface area contributed by atoms with Crippen molar-refractivity contribution in [3.05, 3.63) is 228 Å². The lowest BCUT2D eigenvalue weighted by atomic mass is 9.96. The van der Waals surface area contributed by atoms with Crippen LogP contribution < -0.4 is 0 Å². The summed E-state index contributed by atoms with van der Waals surface area (Å²) in [7, 11) is 0. The number of hydrogen-bond acceptors (Lipinski definition) is 15. The molecular formula is C56H58N8O9. The Morgan fingerprint density at radius 1 is 0.370 bits per heavy atom. The van der Waals surface area contributed by atoms with E-state index in [2.05, 4.69) is 30.9 Å². The Morgan fingerprint density at radius 3 is 1.04 bits per heavy atom. The zero-order chi connectivity index (χ0) is 49.3. The molecule has 6 aromatic carbocycles. The fourth-order valence-corrected chi connectivity index (χ4v) is 9.02. The van der Waals surface area contributed by atoms with E-state index in [1.807, 2.05) is 182 Å². The average molecular weight is 987 g/mol. The maximum Gasteiger partial charge on any atom is 0.190 e. The van der Waals surface area contributed by atoms with Crippen molar-refractivity contribution in [1.29, 1.82) is 0 Å². The normalized spacial score (nSPS) is 24.1. The number of rotatable bonds is 24. The third-order valence-electron chi connectivity index (χ3n) is 12.7. The fraction of sp³-hybridized carbons (Fsp3) is 0.321. The van der Waals surface area contributed by atoms with E-state index < -0.39 is 61.4 Å². The number of tetrazole rings is 2. The van der Waals surface area contributed by atoms with Gasteiger partial charge in [-0.3, -0.25) is 0 Å². The molecule has 10 rings (SSSR count). The van der Waals surface area contributed by atoms with Crippen LogP contribution in [0.5, 0.6) is 0 Å². The molecule has 0 aliphatic carbocycles. The number of nitrogens with zero attached hydrogens (tertiary/aromatic N) is 8. The number of ether oxygens (including phenoxy) is 9. The van der Waals surface area contributed by atoms with Gasteiger partial charge in [0.25, 0.3) is 0 Å². The molecule has 2 aliphatic rings. The lowest BCUT2D eigenvalue weighted by Crippen LogP contribution is -2.65. The summed E-state index contributed by atoms with van der Waals surface area (Å²) in [6.45, 7) is 1.68. The van der Waals surface area contributed by atoms with E-state index >= 15 is 0 Å². The molecule has 17 nitrogen and oxygen atoms in total. The second-order valence-electron chi connectivity index (χ2n) is 17.8. The van der Waals surface area contributed by atoms with Gasteiger partial charge in [0.05, 0.1) is 52.7 Å². The van der Waals surface area contributed by atoms with Crippen LogP contribution >= 0.6 is 0 Å². The molecule has 2 saturated heterocycles. The van der Waals surface area contributed by atoms with Crippen LogP contribution in [0.15, 0.2) is 195 Å². The van der Waals surface area contributed by atoms with Crippen molar-refractivity contribution in [1.82, 2.24) is 40.4 Å². The predicted octanol–water partition coefficient (Wildman–Crippen LogP) is 7.34. The van der Waals surface area contributed by atoms with Gasteiger partial charge in [0, 0.05) is 0 Å². The van der Waals surface area contributed by atoms with Crippen molar-refractivity contribution in [3.8, 4) is 0 Å². The summed E-state index contributed by atoms with van der Waals surface area (Å²) < 4.78 is 65.3. The van der Waals surface area contributed by atoms with Gasteiger partial charge in [-0.05, 0) is 49.0 Å². The van der Waals surface area contributed by atoms with Crippen LogP contribution in [0.1, 0.15) is 33.4 Å². The largest absolute Gasteiger partial charge is 0.368 e. The summed E-state index contributed by atoms with van der Waals surface area (Å²) in [5.41, 5.74) is 5.73. The highest BCUT2D eigenvalue weighted by atomic mass is 16.8. The monoisotopic (exact) mass is 986 g/mol. The number of hydrogen-bond donors (Lipinski definition) is 0. The van der Waals surface area contributed by atoms with Gasteiger partial charge in [0.15, 0.2) is 18.9 Å². The summed E-state index contributed by atoms with van der Waals surface area (Å²) in [6, 6.07) is 59.7. The molecule has 73 heavy (non-hydrogen) atoms. The molecule has 8 aromatic rings. The van der Waals surface area contributed by atoms with Crippen LogP contribution in [0.25, 0.3) is 0 Å². The van der Waals surface area contributed by atoms with E-state index in [0.29, 0.717) is 0 Å².